The fourth-order valence-corrected chi connectivity index (χ4v) is 2.30. The molecule has 1 aromatic heterocycles. The van der Waals surface area contributed by atoms with Crippen molar-refractivity contribution >= 4 is 34.8 Å². The van der Waals surface area contributed by atoms with Gasteiger partial charge in [0.25, 0.3) is 0 Å². The first-order valence-corrected chi connectivity index (χ1v) is 8.76. The number of ether oxygens (including phenoxy) is 2. The van der Waals surface area contributed by atoms with Crippen molar-refractivity contribution in [1.29, 1.82) is 0 Å². The molecule has 9 nitrogen and oxygen atoms in total. The normalized spacial score (nSPS) is 10.7. The lowest BCUT2D eigenvalue weighted by Crippen LogP contribution is -2.96. The zero-order valence-electron chi connectivity index (χ0n) is 14.7. The number of halogens is 1. The van der Waals surface area contributed by atoms with E-state index in [2.05, 4.69) is 15.3 Å². The summed E-state index contributed by atoms with van der Waals surface area (Å²) in [6.45, 7) is 2.64. The summed E-state index contributed by atoms with van der Waals surface area (Å²) in [5.41, 5.74) is 0.406. The highest BCUT2D eigenvalue weighted by atomic mass is 35.5. The second-order valence-corrected chi connectivity index (χ2v) is 5.79. The van der Waals surface area contributed by atoms with Gasteiger partial charge in [0, 0.05) is 12.1 Å². The van der Waals surface area contributed by atoms with Crippen LogP contribution in [0.2, 0.25) is 5.28 Å². The maximum Gasteiger partial charge on any atom is 0.305 e. The predicted octanol–water partition coefficient (Wildman–Crippen LogP) is 2.50. The minimum atomic E-state index is -1.41. The first-order chi connectivity index (χ1) is 13.0. The van der Waals surface area contributed by atoms with Crippen molar-refractivity contribution in [1.82, 2.24) is 9.97 Å². The number of nitrogens with zero attached hydrogens (tertiary/aromatic N) is 2. The highest BCUT2D eigenvalue weighted by molar-refractivity contribution is 6.28. The number of esters is 1. The first-order valence-electron chi connectivity index (χ1n) is 8.39. The molecule has 0 spiro atoms. The second-order valence-electron chi connectivity index (χ2n) is 5.45. The van der Waals surface area contributed by atoms with E-state index in [9.17, 15) is 15.2 Å². The van der Waals surface area contributed by atoms with Gasteiger partial charge in [0.05, 0.1) is 19.4 Å². The Morgan fingerprint density at radius 2 is 2.00 bits per heavy atom. The molecule has 2 N–H and O–H groups in total. The van der Waals surface area contributed by atoms with Gasteiger partial charge in [-0.05, 0) is 55.6 Å². The molecule has 1 aromatic carbocycles. The molecule has 0 fully saturated rings. The lowest BCUT2D eigenvalue weighted by Gasteiger charge is -2.25. The molecule has 0 unspecified atom stereocenters. The van der Waals surface area contributed by atoms with Gasteiger partial charge < -0.3 is 30.4 Å². The van der Waals surface area contributed by atoms with E-state index in [0.29, 0.717) is 37.5 Å². The Bertz CT molecular complexity index is 743. The number of rotatable bonds is 10. The molecule has 0 aliphatic carbocycles. The average Bonchev–Trinajstić information content (AvgIpc) is 2.63. The molecule has 0 saturated heterocycles. The number of benzene rings is 1. The second kappa shape index (κ2) is 10.6. The molecule has 27 heavy (non-hydrogen) atoms. The Kier molecular flexibility index (Phi) is 8.21. The van der Waals surface area contributed by atoms with Crippen molar-refractivity contribution < 1.29 is 19.5 Å². The van der Waals surface area contributed by atoms with E-state index in [1.807, 2.05) is 0 Å². The molecule has 0 amide bonds. The largest absolute Gasteiger partial charge is 0.627 e. The quantitative estimate of drug-likeness (QED) is 0.272. The number of nitrogens with one attached hydrogen (secondary N) is 2. The molecule has 146 valence electrons. The van der Waals surface area contributed by atoms with Crippen LogP contribution in [-0.2, 0) is 9.53 Å². The minimum absolute atomic E-state index is 0.0441. The summed E-state index contributed by atoms with van der Waals surface area (Å²) in [7, 11) is 0. The van der Waals surface area contributed by atoms with Crippen LogP contribution in [0.1, 0.15) is 26.2 Å². The molecule has 0 atom stereocenters. The molecule has 0 radical (unpaired) electrons. The number of hydrogen-bond acceptors (Lipinski definition) is 8. The SMILES string of the molecule is CCOC(=O)CCCCOc1ccc(Nc2nc(Cl)ncc2[NH+]([O-])[O-])cc1. The predicted molar refractivity (Wildman–Crippen MR) is 100 cm³/mol. The number of carbonyl (C=O) groups excluding carboxylic acids is 1. The smallest absolute Gasteiger partial charge is 0.305 e. The summed E-state index contributed by atoms with van der Waals surface area (Å²) >= 11 is 5.71. The van der Waals surface area contributed by atoms with Crippen LogP contribution in [0.4, 0.5) is 17.2 Å². The third kappa shape index (κ3) is 6.99. The van der Waals surface area contributed by atoms with Crippen molar-refractivity contribution in [2.75, 3.05) is 18.5 Å². The number of quaternary nitrogens is 1. The average molecular weight is 396 g/mol. The summed E-state index contributed by atoms with van der Waals surface area (Å²) in [6, 6.07) is 6.89. The molecule has 0 saturated carbocycles. The van der Waals surface area contributed by atoms with Crippen LogP contribution >= 0.6 is 11.6 Å². The summed E-state index contributed by atoms with van der Waals surface area (Å²) < 4.78 is 10.5. The highest BCUT2D eigenvalue weighted by Gasteiger charge is 2.10. The van der Waals surface area contributed by atoms with Crippen molar-refractivity contribution in [2.45, 2.75) is 26.2 Å². The fraction of sp³-hybridized carbons (Fsp3) is 0.353. The van der Waals surface area contributed by atoms with Crippen LogP contribution in [0.15, 0.2) is 30.5 Å². The fourth-order valence-electron chi connectivity index (χ4n) is 2.17. The lowest BCUT2D eigenvalue weighted by atomic mass is 10.2. The molecule has 0 aliphatic rings. The standard InChI is InChI=1S/C17H20ClN4O5/c1-2-26-15(23)5-3-4-10-27-13-8-6-12(7-9-13)20-16-14(22(24)25)11-19-17(18)21-16/h6-9,11,22H,2-5,10H2,1H3,(H,19,20,21)/q-1. The maximum absolute atomic E-state index is 11.2. The van der Waals surface area contributed by atoms with E-state index < -0.39 is 5.23 Å². The monoisotopic (exact) mass is 395 g/mol. The van der Waals surface area contributed by atoms with E-state index in [0.717, 1.165) is 12.6 Å². The molecule has 2 aromatic rings. The molecular weight excluding hydrogens is 376 g/mol. The number of aromatic nitrogens is 2. The van der Waals surface area contributed by atoms with Crippen molar-refractivity contribution in [3.8, 4) is 5.75 Å². The van der Waals surface area contributed by atoms with Gasteiger partial charge in [-0.2, -0.15) is 4.98 Å². The van der Waals surface area contributed by atoms with Crippen LogP contribution in [0, 0.1) is 10.4 Å². The summed E-state index contributed by atoms with van der Waals surface area (Å²) in [5.74, 6) is 0.494. The Balaban J connectivity index is 1.84. The van der Waals surface area contributed by atoms with Gasteiger partial charge in [0.2, 0.25) is 5.28 Å². The highest BCUT2D eigenvalue weighted by Crippen LogP contribution is 2.23. The van der Waals surface area contributed by atoms with Crippen molar-refractivity contribution in [3.05, 3.63) is 46.2 Å². The van der Waals surface area contributed by atoms with E-state index in [1.54, 1.807) is 31.2 Å². The summed E-state index contributed by atoms with van der Waals surface area (Å²) in [4.78, 5) is 18.7. The van der Waals surface area contributed by atoms with E-state index >= 15 is 0 Å². The molecule has 0 bridgehead atoms. The molecule has 1 heterocycles. The van der Waals surface area contributed by atoms with Gasteiger partial charge in [-0.15, -0.1) is 0 Å². The summed E-state index contributed by atoms with van der Waals surface area (Å²) in [6.07, 6.45) is 2.88. The topological polar surface area (TPSA) is 124 Å². The van der Waals surface area contributed by atoms with Gasteiger partial charge in [0.1, 0.15) is 5.75 Å². The third-order valence-corrected chi connectivity index (χ3v) is 3.63. The molecule has 2 rings (SSSR count). The molecule has 10 heteroatoms. The summed E-state index contributed by atoms with van der Waals surface area (Å²) in [5, 5.41) is 23.6. The van der Waals surface area contributed by atoms with Crippen molar-refractivity contribution in [2.24, 2.45) is 0 Å². The number of carbonyl (C=O) groups is 1. The molecular formula is C17H20ClN4O5-. The minimum Gasteiger partial charge on any atom is -0.627 e. The van der Waals surface area contributed by atoms with Gasteiger partial charge >= 0.3 is 5.97 Å². The molecule has 0 aliphatic heterocycles. The third-order valence-electron chi connectivity index (χ3n) is 3.45. The van der Waals surface area contributed by atoms with Gasteiger partial charge in [-0.1, -0.05) is 0 Å². The Labute approximate surface area is 161 Å². The van der Waals surface area contributed by atoms with Gasteiger partial charge in [0.15, 0.2) is 11.5 Å². The van der Waals surface area contributed by atoms with Gasteiger partial charge in [-0.3, -0.25) is 4.79 Å². The zero-order chi connectivity index (χ0) is 19.6. The number of anilines is 2. The van der Waals surface area contributed by atoms with Crippen molar-refractivity contribution in [3.63, 3.8) is 0 Å². The number of unbranched alkanes of at least 4 members (excludes halogenated alkanes) is 1. The first kappa shape index (κ1) is 20.8. The van der Waals surface area contributed by atoms with Crippen LogP contribution in [0.3, 0.4) is 0 Å². The lowest BCUT2D eigenvalue weighted by molar-refractivity contribution is -0.714. The van der Waals surface area contributed by atoms with E-state index in [4.69, 9.17) is 21.1 Å². The maximum atomic E-state index is 11.2. The van der Waals surface area contributed by atoms with Crippen LogP contribution in [0.25, 0.3) is 0 Å². The van der Waals surface area contributed by atoms with E-state index in [-0.39, 0.29) is 22.8 Å². The Morgan fingerprint density at radius 1 is 1.26 bits per heavy atom. The van der Waals surface area contributed by atoms with Gasteiger partial charge in [-0.25, -0.2) is 4.98 Å². The van der Waals surface area contributed by atoms with Crippen LogP contribution in [-0.4, -0.2) is 29.2 Å². The number of hydrogen-bond donors (Lipinski definition) is 2. The zero-order valence-corrected chi connectivity index (χ0v) is 15.5. The van der Waals surface area contributed by atoms with Crippen LogP contribution < -0.4 is 15.3 Å². The Morgan fingerprint density at radius 3 is 2.67 bits per heavy atom. The Hall–Kier alpha value is -2.46. The van der Waals surface area contributed by atoms with E-state index in [1.165, 1.54) is 0 Å². The van der Waals surface area contributed by atoms with Crippen LogP contribution in [0.5, 0.6) is 5.75 Å².